The molecule has 1 aliphatic rings. The summed E-state index contributed by atoms with van der Waals surface area (Å²) in [4.78, 5) is -0.536. The van der Waals surface area contributed by atoms with Crippen molar-refractivity contribution in [1.29, 1.82) is 0 Å². The van der Waals surface area contributed by atoms with Crippen molar-refractivity contribution in [3.8, 4) is 0 Å². The SMILES string of the molecule is Nc1ccc(S(=O)(=O)NC2CCS(=O)(=O)C2)c(F)c1. The lowest BCUT2D eigenvalue weighted by molar-refractivity contribution is 0.544. The molecule has 106 valence electrons. The summed E-state index contributed by atoms with van der Waals surface area (Å²) in [6.07, 6.45) is 0.193. The van der Waals surface area contributed by atoms with Crippen LogP contribution in [0.1, 0.15) is 6.42 Å². The molecule has 19 heavy (non-hydrogen) atoms. The van der Waals surface area contributed by atoms with E-state index in [1.165, 1.54) is 6.07 Å². The molecule has 1 aromatic rings. The van der Waals surface area contributed by atoms with Crippen LogP contribution >= 0.6 is 0 Å². The van der Waals surface area contributed by atoms with Gasteiger partial charge in [0.15, 0.2) is 9.84 Å². The lowest BCUT2D eigenvalue weighted by atomic mass is 10.3. The molecular formula is C10H13FN2O4S2. The third kappa shape index (κ3) is 3.23. The number of rotatable bonds is 3. The first-order chi connectivity index (χ1) is 8.70. The molecule has 1 unspecified atom stereocenters. The molecule has 0 aromatic heterocycles. The molecule has 9 heteroatoms. The minimum atomic E-state index is -4.09. The highest BCUT2D eigenvalue weighted by atomic mass is 32.2. The van der Waals surface area contributed by atoms with E-state index >= 15 is 0 Å². The minimum absolute atomic E-state index is 0.0651. The van der Waals surface area contributed by atoms with Crippen LogP contribution in [0.2, 0.25) is 0 Å². The zero-order valence-electron chi connectivity index (χ0n) is 9.84. The molecule has 1 atom stereocenters. The van der Waals surface area contributed by atoms with E-state index in [1.807, 2.05) is 0 Å². The summed E-state index contributed by atoms with van der Waals surface area (Å²) in [6.45, 7) is 0. The lowest BCUT2D eigenvalue weighted by Crippen LogP contribution is -2.36. The van der Waals surface area contributed by atoms with Crippen LogP contribution in [0, 0.1) is 5.82 Å². The van der Waals surface area contributed by atoms with Gasteiger partial charge in [-0.05, 0) is 24.6 Å². The van der Waals surface area contributed by atoms with E-state index in [0.29, 0.717) is 0 Å². The average Bonchev–Trinajstić information content (AvgIpc) is 2.56. The molecule has 0 spiro atoms. The van der Waals surface area contributed by atoms with Gasteiger partial charge in [0, 0.05) is 11.7 Å². The van der Waals surface area contributed by atoms with Gasteiger partial charge in [-0.25, -0.2) is 25.9 Å². The van der Waals surface area contributed by atoms with Crippen LogP contribution in [0.5, 0.6) is 0 Å². The van der Waals surface area contributed by atoms with Crippen molar-refractivity contribution in [1.82, 2.24) is 4.72 Å². The van der Waals surface area contributed by atoms with Crippen molar-refractivity contribution in [2.45, 2.75) is 17.4 Å². The van der Waals surface area contributed by atoms with E-state index in [9.17, 15) is 21.2 Å². The number of nitrogens with one attached hydrogen (secondary N) is 1. The maximum atomic E-state index is 13.6. The third-order valence-electron chi connectivity index (χ3n) is 2.80. The third-order valence-corrected chi connectivity index (χ3v) is 6.12. The van der Waals surface area contributed by atoms with Crippen LogP contribution in [0.15, 0.2) is 23.1 Å². The number of hydrogen-bond donors (Lipinski definition) is 2. The van der Waals surface area contributed by atoms with Crippen molar-refractivity contribution in [3.05, 3.63) is 24.0 Å². The van der Waals surface area contributed by atoms with E-state index in [0.717, 1.165) is 12.1 Å². The fourth-order valence-electron chi connectivity index (χ4n) is 1.91. The number of nitrogens with two attached hydrogens (primary N) is 1. The molecule has 1 aromatic carbocycles. The average molecular weight is 308 g/mol. The molecule has 2 rings (SSSR count). The number of halogens is 1. The maximum Gasteiger partial charge on any atom is 0.243 e. The van der Waals surface area contributed by atoms with Gasteiger partial charge in [-0.1, -0.05) is 0 Å². The molecular weight excluding hydrogens is 295 g/mol. The Balaban J connectivity index is 2.24. The summed E-state index contributed by atoms with van der Waals surface area (Å²) < 4.78 is 62.1. The number of benzene rings is 1. The fraction of sp³-hybridized carbons (Fsp3) is 0.400. The molecule has 0 radical (unpaired) electrons. The second kappa shape index (κ2) is 4.73. The predicted octanol–water partition coefficient (Wildman–Crippen LogP) is -0.127. The highest BCUT2D eigenvalue weighted by Crippen LogP contribution is 2.19. The second-order valence-electron chi connectivity index (χ2n) is 4.41. The zero-order valence-corrected chi connectivity index (χ0v) is 11.5. The van der Waals surface area contributed by atoms with E-state index < -0.39 is 36.6 Å². The highest BCUT2D eigenvalue weighted by Gasteiger charge is 2.32. The fourth-order valence-corrected chi connectivity index (χ4v) is 5.01. The van der Waals surface area contributed by atoms with Crippen LogP contribution in [-0.2, 0) is 19.9 Å². The Morgan fingerprint density at radius 1 is 1.37 bits per heavy atom. The normalized spacial score (nSPS) is 22.5. The minimum Gasteiger partial charge on any atom is -0.399 e. The summed E-state index contributed by atoms with van der Waals surface area (Å²) in [5.41, 5.74) is 5.45. The Bertz CT molecular complexity index is 700. The molecule has 1 saturated heterocycles. The summed E-state index contributed by atoms with van der Waals surface area (Å²) in [5.74, 6) is -1.29. The summed E-state index contributed by atoms with van der Waals surface area (Å²) in [5, 5.41) is 0. The van der Waals surface area contributed by atoms with Crippen molar-refractivity contribution in [2.24, 2.45) is 0 Å². The van der Waals surface area contributed by atoms with Crippen LogP contribution in [0.4, 0.5) is 10.1 Å². The van der Waals surface area contributed by atoms with Gasteiger partial charge in [-0.15, -0.1) is 0 Å². The van der Waals surface area contributed by atoms with Crippen molar-refractivity contribution < 1.29 is 21.2 Å². The first-order valence-electron chi connectivity index (χ1n) is 5.47. The van der Waals surface area contributed by atoms with Crippen LogP contribution in [0.25, 0.3) is 0 Å². The zero-order chi connectivity index (χ0) is 14.3. The van der Waals surface area contributed by atoms with Gasteiger partial charge in [-0.2, -0.15) is 0 Å². The Morgan fingerprint density at radius 2 is 2.05 bits per heavy atom. The van der Waals surface area contributed by atoms with Crippen molar-refractivity contribution >= 4 is 25.5 Å². The predicted molar refractivity (Wildman–Crippen MR) is 68.2 cm³/mol. The first kappa shape index (κ1) is 14.2. The van der Waals surface area contributed by atoms with Crippen LogP contribution < -0.4 is 10.5 Å². The van der Waals surface area contributed by atoms with Crippen molar-refractivity contribution in [2.75, 3.05) is 17.2 Å². The molecule has 0 bridgehead atoms. The van der Waals surface area contributed by atoms with Gasteiger partial charge in [0.05, 0.1) is 11.5 Å². The highest BCUT2D eigenvalue weighted by molar-refractivity contribution is 7.92. The molecule has 0 aliphatic carbocycles. The first-order valence-corrected chi connectivity index (χ1v) is 8.78. The standard InChI is InChI=1S/C10H13FN2O4S2/c11-9-5-7(12)1-2-10(9)19(16,17)13-8-3-4-18(14,15)6-8/h1-2,5,8,13H,3-4,6,12H2. The molecule has 1 aliphatic heterocycles. The summed E-state index contributed by atoms with van der Waals surface area (Å²) >= 11 is 0. The maximum absolute atomic E-state index is 13.6. The molecule has 0 saturated carbocycles. The van der Waals surface area contributed by atoms with Gasteiger partial charge >= 0.3 is 0 Å². The van der Waals surface area contributed by atoms with E-state index in [-0.39, 0.29) is 23.6 Å². The Morgan fingerprint density at radius 3 is 2.58 bits per heavy atom. The van der Waals surface area contributed by atoms with E-state index in [2.05, 4.69) is 4.72 Å². The van der Waals surface area contributed by atoms with Gasteiger partial charge in [0.1, 0.15) is 10.7 Å². The Hall–Kier alpha value is -1.19. The molecule has 6 nitrogen and oxygen atoms in total. The van der Waals surface area contributed by atoms with Crippen LogP contribution in [0.3, 0.4) is 0 Å². The number of anilines is 1. The van der Waals surface area contributed by atoms with Gasteiger partial charge in [0.25, 0.3) is 0 Å². The van der Waals surface area contributed by atoms with Gasteiger partial charge in [0.2, 0.25) is 10.0 Å². The lowest BCUT2D eigenvalue weighted by Gasteiger charge is -2.12. The van der Waals surface area contributed by atoms with E-state index in [4.69, 9.17) is 5.73 Å². The molecule has 0 amide bonds. The monoisotopic (exact) mass is 308 g/mol. The molecule has 3 N–H and O–H groups in total. The van der Waals surface area contributed by atoms with Crippen LogP contribution in [-0.4, -0.2) is 34.4 Å². The van der Waals surface area contributed by atoms with E-state index in [1.54, 1.807) is 0 Å². The summed E-state index contributed by atoms with van der Waals surface area (Å²) in [7, 11) is -7.29. The van der Waals surface area contributed by atoms with Crippen molar-refractivity contribution in [3.63, 3.8) is 0 Å². The summed E-state index contributed by atoms with van der Waals surface area (Å²) in [6, 6.07) is 2.51. The molecule has 1 fully saturated rings. The molecule has 1 heterocycles. The Labute approximate surface area is 110 Å². The van der Waals surface area contributed by atoms with Gasteiger partial charge < -0.3 is 5.73 Å². The number of nitrogen functional groups attached to an aromatic ring is 1. The number of hydrogen-bond acceptors (Lipinski definition) is 5. The topological polar surface area (TPSA) is 106 Å². The Kier molecular flexibility index (Phi) is 3.54. The number of sulfone groups is 1. The van der Waals surface area contributed by atoms with Gasteiger partial charge in [-0.3, -0.25) is 0 Å². The number of sulfonamides is 1. The largest absolute Gasteiger partial charge is 0.399 e. The second-order valence-corrected chi connectivity index (χ2v) is 8.32. The quantitative estimate of drug-likeness (QED) is 0.757. The smallest absolute Gasteiger partial charge is 0.243 e.